The van der Waals surface area contributed by atoms with Gasteiger partial charge in [-0.2, -0.15) is 0 Å². The van der Waals surface area contributed by atoms with Gasteiger partial charge in [0.2, 0.25) is 0 Å². The molecule has 2 fully saturated rings. The molecule has 0 bridgehead atoms. The van der Waals surface area contributed by atoms with Gasteiger partial charge in [0.25, 0.3) is 0 Å². The van der Waals surface area contributed by atoms with Crippen LogP contribution in [0.5, 0.6) is 5.75 Å². The lowest BCUT2D eigenvalue weighted by molar-refractivity contribution is -0.247. The number of aliphatic hydroxyl groups excluding tert-OH is 5. The first kappa shape index (κ1) is 20.3. The second kappa shape index (κ2) is 7.87. The Morgan fingerprint density at radius 2 is 1.37 bits per heavy atom. The molecule has 0 amide bonds. The molecule has 150 valence electrons. The van der Waals surface area contributed by atoms with Crippen molar-refractivity contribution in [3.05, 3.63) is 35.4 Å². The normalized spacial score (nSPS) is 37.1. The molecule has 0 spiro atoms. The molecule has 0 radical (unpaired) electrons. The molecule has 2 saturated carbocycles. The largest absolute Gasteiger partial charge is 0.497 e. The lowest BCUT2D eigenvalue weighted by Crippen LogP contribution is -2.71. The summed E-state index contributed by atoms with van der Waals surface area (Å²) in [5, 5.41) is 62.9. The summed E-state index contributed by atoms with van der Waals surface area (Å²) in [7, 11) is 1.53. The van der Waals surface area contributed by atoms with E-state index in [4.69, 9.17) is 4.74 Å². The highest BCUT2D eigenvalue weighted by Crippen LogP contribution is 2.45. The minimum absolute atomic E-state index is 0.301. The number of aliphatic hydroxyl groups is 6. The molecule has 2 aliphatic rings. The predicted octanol–water partition coefficient (Wildman–Crippen LogP) is -0.0379. The van der Waals surface area contributed by atoms with Crippen LogP contribution in [0, 0.1) is 0 Å². The fourth-order valence-electron chi connectivity index (χ4n) is 4.27. The topological polar surface area (TPSA) is 131 Å². The highest BCUT2D eigenvalue weighted by atomic mass is 16.5. The molecule has 6 atom stereocenters. The molecule has 1 aromatic carbocycles. The standard InChI is InChI=1S/C20H28O7/c1-27-13-9-7-12(8-10-13)14(11-5-3-2-4-6-11)20(26)18(24)16(22)15(21)17(23)19(20)25/h7-10,15-19,21-26H,2-6H2,1H3/t15?,16-,17+,18-,19-,20?/m1/s1. The summed E-state index contributed by atoms with van der Waals surface area (Å²) < 4.78 is 5.17. The molecular formula is C20H28O7. The first-order valence-electron chi connectivity index (χ1n) is 9.32. The molecule has 2 unspecified atom stereocenters. The van der Waals surface area contributed by atoms with Crippen LogP contribution < -0.4 is 4.74 Å². The summed E-state index contributed by atoms with van der Waals surface area (Å²) in [5.41, 5.74) is -0.596. The van der Waals surface area contributed by atoms with Gasteiger partial charge in [0.05, 0.1) is 7.11 Å². The van der Waals surface area contributed by atoms with Crippen LogP contribution in [0.4, 0.5) is 0 Å². The maximum absolute atomic E-state index is 11.4. The predicted molar refractivity (Wildman–Crippen MR) is 98.0 cm³/mol. The molecule has 3 rings (SSSR count). The molecule has 1 aromatic rings. The Balaban J connectivity index is 2.16. The minimum atomic E-state index is -2.32. The summed E-state index contributed by atoms with van der Waals surface area (Å²) in [5.74, 6) is 0.610. The molecule has 27 heavy (non-hydrogen) atoms. The lowest BCUT2D eigenvalue weighted by atomic mass is 9.67. The van der Waals surface area contributed by atoms with Crippen LogP contribution in [-0.2, 0) is 0 Å². The summed E-state index contributed by atoms with van der Waals surface area (Å²) in [4.78, 5) is 0. The Bertz CT molecular complexity index is 660. The van der Waals surface area contributed by atoms with Gasteiger partial charge in [-0.3, -0.25) is 0 Å². The van der Waals surface area contributed by atoms with Crippen molar-refractivity contribution in [1.29, 1.82) is 0 Å². The number of ether oxygens (including phenoxy) is 1. The van der Waals surface area contributed by atoms with E-state index >= 15 is 0 Å². The second-order valence-corrected chi connectivity index (χ2v) is 7.45. The second-order valence-electron chi connectivity index (χ2n) is 7.45. The highest BCUT2D eigenvalue weighted by molar-refractivity contribution is 5.77. The monoisotopic (exact) mass is 380 g/mol. The Kier molecular flexibility index (Phi) is 5.90. The van der Waals surface area contributed by atoms with Crippen LogP contribution in [0.2, 0.25) is 0 Å². The Labute approximate surface area is 158 Å². The van der Waals surface area contributed by atoms with Crippen molar-refractivity contribution < 1.29 is 35.4 Å². The number of methoxy groups -OCH3 is 1. The molecule has 0 saturated heterocycles. The average Bonchev–Trinajstić information content (AvgIpc) is 2.71. The van der Waals surface area contributed by atoms with Crippen molar-refractivity contribution in [2.24, 2.45) is 0 Å². The van der Waals surface area contributed by atoms with Gasteiger partial charge >= 0.3 is 0 Å². The number of rotatable bonds is 3. The van der Waals surface area contributed by atoms with E-state index < -0.39 is 36.1 Å². The van der Waals surface area contributed by atoms with Crippen molar-refractivity contribution in [3.63, 3.8) is 0 Å². The number of allylic oxidation sites excluding steroid dienone is 1. The highest BCUT2D eigenvalue weighted by Gasteiger charge is 2.59. The fraction of sp³-hybridized carbons (Fsp3) is 0.600. The van der Waals surface area contributed by atoms with Crippen LogP contribution >= 0.6 is 0 Å². The Morgan fingerprint density at radius 3 is 1.85 bits per heavy atom. The zero-order chi connectivity index (χ0) is 19.8. The van der Waals surface area contributed by atoms with Gasteiger partial charge in [-0.25, -0.2) is 0 Å². The molecule has 0 aliphatic heterocycles. The molecule has 0 heterocycles. The van der Waals surface area contributed by atoms with Crippen LogP contribution in [0.1, 0.15) is 37.7 Å². The van der Waals surface area contributed by atoms with Crippen LogP contribution in [-0.4, -0.2) is 73.9 Å². The van der Waals surface area contributed by atoms with E-state index in [9.17, 15) is 30.6 Å². The minimum Gasteiger partial charge on any atom is -0.497 e. The smallest absolute Gasteiger partial charge is 0.147 e. The molecule has 2 aliphatic carbocycles. The van der Waals surface area contributed by atoms with Crippen molar-refractivity contribution in [1.82, 2.24) is 0 Å². The molecule has 0 aromatic heterocycles. The summed E-state index contributed by atoms with van der Waals surface area (Å²) in [6, 6.07) is 6.81. The van der Waals surface area contributed by atoms with Crippen LogP contribution in [0.25, 0.3) is 5.57 Å². The van der Waals surface area contributed by atoms with Crippen LogP contribution in [0.15, 0.2) is 29.8 Å². The number of hydrogen-bond acceptors (Lipinski definition) is 7. The third kappa shape index (κ3) is 3.40. The van der Waals surface area contributed by atoms with Crippen molar-refractivity contribution in [3.8, 4) is 5.75 Å². The Hall–Kier alpha value is -1.48. The third-order valence-electron chi connectivity index (χ3n) is 5.84. The Morgan fingerprint density at radius 1 is 0.852 bits per heavy atom. The SMILES string of the molecule is COc1ccc(C(=C2CCCCC2)C2(O)[C@H](O)[C@H](O)C(O)[C@H](O)[C@H]2O)cc1. The molecular weight excluding hydrogens is 352 g/mol. The van der Waals surface area contributed by atoms with E-state index in [2.05, 4.69) is 0 Å². The zero-order valence-electron chi connectivity index (χ0n) is 15.3. The van der Waals surface area contributed by atoms with Crippen molar-refractivity contribution in [2.75, 3.05) is 7.11 Å². The number of hydrogen-bond donors (Lipinski definition) is 6. The molecule has 7 nitrogen and oxygen atoms in total. The summed E-state index contributed by atoms with van der Waals surface area (Å²) >= 11 is 0. The first-order chi connectivity index (χ1) is 12.8. The van der Waals surface area contributed by atoms with Gasteiger partial charge in [0.15, 0.2) is 0 Å². The average molecular weight is 380 g/mol. The van der Waals surface area contributed by atoms with E-state index in [1.54, 1.807) is 24.3 Å². The van der Waals surface area contributed by atoms with Crippen molar-refractivity contribution in [2.45, 2.75) is 68.2 Å². The van der Waals surface area contributed by atoms with Crippen molar-refractivity contribution >= 4 is 5.57 Å². The lowest BCUT2D eigenvalue weighted by Gasteiger charge is -2.49. The number of benzene rings is 1. The third-order valence-corrected chi connectivity index (χ3v) is 5.84. The van der Waals surface area contributed by atoms with Gasteiger partial charge in [-0.1, -0.05) is 24.1 Å². The van der Waals surface area contributed by atoms with E-state index in [0.29, 0.717) is 29.7 Å². The quantitative estimate of drug-likeness (QED) is 0.434. The van der Waals surface area contributed by atoms with Gasteiger partial charge in [0.1, 0.15) is 41.9 Å². The van der Waals surface area contributed by atoms with Gasteiger partial charge in [0, 0.05) is 0 Å². The zero-order valence-corrected chi connectivity index (χ0v) is 15.3. The van der Waals surface area contributed by atoms with Gasteiger partial charge < -0.3 is 35.4 Å². The van der Waals surface area contributed by atoms with E-state index in [1.807, 2.05) is 0 Å². The summed E-state index contributed by atoms with van der Waals surface area (Å²) in [6.07, 6.45) is -4.87. The van der Waals surface area contributed by atoms with E-state index in [1.165, 1.54) is 7.11 Å². The molecule has 7 heteroatoms. The van der Waals surface area contributed by atoms with Gasteiger partial charge in [-0.05, 0) is 49.0 Å². The van der Waals surface area contributed by atoms with Gasteiger partial charge in [-0.15, -0.1) is 0 Å². The van der Waals surface area contributed by atoms with E-state index in [0.717, 1.165) is 24.8 Å². The maximum Gasteiger partial charge on any atom is 0.147 e. The van der Waals surface area contributed by atoms with Crippen LogP contribution in [0.3, 0.4) is 0 Å². The summed E-state index contributed by atoms with van der Waals surface area (Å²) in [6.45, 7) is 0. The fourth-order valence-corrected chi connectivity index (χ4v) is 4.27. The maximum atomic E-state index is 11.4. The molecule has 6 N–H and O–H groups in total. The van der Waals surface area contributed by atoms with E-state index in [-0.39, 0.29) is 0 Å². The first-order valence-corrected chi connectivity index (χ1v) is 9.32.